The number of epoxide rings is 1. The van der Waals surface area contributed by atoms with Gasteiger partial charge in [0.15, 0.2) is 0 Å². The molecule has 0 bridgehead atoms. The first-order valence-electron chi connectivity index (χ1n) is 7.73. The van der Waals surface area contributed by atoms with Gasteiger partial charge in [-0.05, 0) is 53.6 Å². The molecule has 0 amide bonds. The molecule has 2 aromatic carbocycles. The second kappa shape index (κ2) is 4.85. The van der Waals surface area contributed by atoms with Gasteiger partial charge in [-0.1, -0.05) is 48.6 Å². The number of rotatable bonds is 0. The predicted octanol–water partition coefficient (Wildman–Crippen LogP) is 4.56. The van der Waals surface area contributed by atoms with Crippen LogP contribution in [0.25, 0.3) is 6.08 Å². The van der Waals surface area contributed by atoms with E-state index >= 15 is 0 Å². The third-order valence-corrected chi connectivity index (χ3v) is 4.74. The van der Waals surface area contributed by atoms with Crippen LogP contribution in [0.5, 0.6) is 0 Å². The number of benzene rings is 2. The Kier molecular flexibility index (Phi) is 2.97. The lowest BCUT2D eigenvalue weighted by Gasteiger charge is -2.04. The molecule has 0 aromatic heterocycles. The van der Waals surface area contributed by atoms with Crippen molar-refractivity contribution in [2.75, 3.05) is 0 Å². The summed E-state index contributed by atoms with van der Waals surface area (Å²) in [4.78, 5) is 0. The normalized spacial score (nSPS) is 23.0. The standard InChI is InChI=1S/C10H10O.C10H10/c1-6-3-2-4-7-5-8-10(11-8)9(6)7;1-8-4-2-5-9-6-3-7-10(8)9/h2-4,8,10H,5H2,1H3;2-5,7H,6H2,1H3. The van der Waals surface area contributed by atoms with Gasteiger partial charge in [-0.2, -0.15) is 0 Å². The Morgan fingerprint density at radius 2 is 1.71 bits per heavy atom. The van der Waals surface area contributed by atoms with Crippen molar-refractivity contribution < 1.29 is 4.74 Å². The van der Waals surface area contributed by atoms with Gasteiger partial charge in [0.25, 0.3) is 0 Å². The van der Waals surface area contributed by atoms with Crippen LogP contribution in [-0.2, 0) is 17.6 Å². The second-order valence-corrected chi connectivity index (χ2v) is 6.20. The van der Waals surface area contributed by atoms with Crippen LogP contribution in [0.1, 0.15) is 39.5 Å². The number of fused-ring (bicyclic) bond motifs is 4. The summed E-state index contributed by atoms with van der Waals surface area (Å²) in [5, 5.41) is 0. The Labute approximate surface area is 126 Å². The zero-order valence-corrected chi connectivity index (χ0v) is 12.6. The minimum atomic E-state index is 0.464. The van der Waals surface area contributed by atoms with Crippen molar-refractivity contribution in [3.05, 3.63) is 75.9 Å². The van der Waals surface area contributed by atoms with Crippen molar-refractivity contribution >= 4 is 6.08 Å². The molecule has 1 heteroatoms. The van der Waals surface area contributed by atoms with Gasteiger partial charge in [0.2, 0.25) is 0 Å². The lowest BCUT2D eigenvalue weighted by molar-refractivity contribution is 0.360. The minimum absolute atomic E-state index is 0.464. The fraction of sp³-hybridized carbons (Fsp3) is 0.300. The van der Waals surface area contributed by atoms with E-state index in [0.717, 1.165) is 12.8 Å². The maximum Gasteiger partial charge on any atom is 0.110 e. The summed E-state index contributed by atoms with van der Waals surface area (Å²) in [7, 11) is 0. The van der Waals surface area contributed by atoms with E-state index in [4.69, 9.17) is 4.74 Å². The zero-order chi connectivity index (χ0) is 14.4. The summed E-state index contributed by atoms with van der Waals surface area (Å²) in [6.07, 6.45) is 7.69. The molecule has 2 unspecified atom stereocenters. The average molecular weight is 276 g/mol. The molecule has 1 nitrogen and oxygen atoms in total. The van der Waals surface area contributed by atoms with Crippen LogP contribution in [0.4, 0.5) is 0 Å². The fourth-order valence-electron chi connectivity index (χ4n) is 3.56. The van der Waals surface area contributed by atoms with E-state index in [-0.39, 0.29) is 0 Å². The largest absolute Gasteiger partial charge is 0.364 e. The molecule has 0 N–H and O–H groups in total. The van der Waals surface area contributed by atoms with E-state index in [1.807, 2.05) is 0 Å². The van der Waals surface area contributed by atoms with Crippen molar-refractivity contribution in [2.45, 2.75) is 38.9 Å². The summed E-state index contributed by atoms with van der Waals surface area (Å²) >= 11 is 0. The van der Waals surface area contributed by atoms with Crippen LogP contribution in [-0.4, -0.2) is 6.10 Å². The van der Waals surface area contributed by atoms with Crippen LogP contribution in [0.15, 0.2) is 42.5 Å². The molecule has 1 heterocycles. The Bertz CT molecular complexity index is 727. The van der Waals surface area contributed by atoms with E-state index in [9.17, 15) is 0 Å². The molecule has 3 aliphatic rings. The lowest BCUT2D eigenvalue weighted by Crippen LogP contribution is -1.90. The second-order valence-electron chi connectivity index (χ2n) is 6.20. The Hall–Kier alpha value is -1.86. The zero-order valence-electron chi connectivity index (χ0n) is 12.6. The van der Waals surface area contributed by atoms with Crippen molar-refractivity contribution in [1.82, 2.24) is 0 Å². The van der Waals surface area contributed by atoms with Gasteiger partial charge in [0, 0.05) is 6.42 Å². The smallest absolute Gasteiger partial charge is 0.110 e. The van der Waals surface area contributed by atoms with Gasteiger partial charge in [0.05, 0.1) is 6.10 Å². The van der Waals surface area contributed by atoms with Gasteiger partial charge in [-0.25, -0.2) is 0 Å². The molecule has 106 valence electrons. The number of hydrogen-bond acceptors (Lipinski definition) is 1. The maximum atomic E-state index is 5.46. The molecule has 5 rings (SSSR count). The molecule has 1 fully saturated rings. The Morgan fingerprint density at radius 1 is 0.952 bits per heavy atom. The summed E-state index contributed by atoms with van der Waals surface area (Å²) in [5.74, 6) is 0. The van der Waals surface area contributed by atoms with Gasteiger partial charge in [0.1, 0.15) is 6.10 Å². The van der Waals surface area contributed by atoms with Crippen molar-refractivity contribution in [3.63, 3.8) is 0 Å². The quantitative estimate of drug-likeness (QED) is 0.643. The minimum Gasteiger partial charge on any atom is -0.364 e. The predicted molar refractivity (Wildman–Crippen MR) is 86.4 cm³/mol. The molecule has 2 aliphatic carbocycles. The number of allylic oxidation sites excluding steroid dienone is 1. The van der Waals surface area contributed by atoms with Gasteiger partial charge in [-0.15, -0.1) is 0 Å². The van der Waals surface area contributed by atoms with E-state index < -0.39 is 0 Å². The van der Waals surface area contributed by atoms with Crippen LogP contribution < -0.4 is 0 Å². The molecule has 0 spiro atoms. The van der Waals surface area contributed by atoms with Crippen molar-refractivity contribution in [3.8, 4) is 0 Å². The average Bonchev–Trinajstić information content (AvgIpc) is 2.93. The molecule has 0 saturated carbocycles. The molecule has 1 aliphatic heterocycles. The number of hydrogen-bond donors (Lipinski definition) is 0. The molecule has 2 atom stereocenters. The van der Waals surface area contributed by atoms with Crippen molar-refractivity contribution in [1.29, 1.82) is 0 Å². The molecule has 1 saturated heterocycles. The maximum absolute atomic E-state index is 5.46. The first kappa shape index (κ1) is 12.8. The van der Waals surface area contributed by atoms with Crippen LogP contribution in [0, 0.1) is 13.8 Å². The molecule has 21 heavy (non-hydrogen) atoms. The fourth-order valence-corrected chi connectivity index (χ4v) is 3.56. The summed E-state index contributed by atoms with van der Waals surface area (Å²) in [6.45, 7) is 4.33. The van der Waals surface area contributed by atoms with Crippen LogP contribution in [0.2, 0.25) is 0 Å². The first-order chi connectivity index (χ1) is 10.2. The van der Waals surface area contributed by atoms with Crippen LogP contribution >= 0.6 is 0 Å². The van der Waals surface area contributed by atoms with E-state index in [2.05, 4.69) is 62.4 Å². The topological polar surface area (TPSA) is 12.5 Å². The highest BCUT2D eigenvalue weighted by molar-refractivity contribution is 5.62. The number of ether oxygens (including phenoxy) is 1. The lowest BCUT2D eigenvalue weighted by atomic mass is 10.0. The summed E-state index contributed by atoms with van der Waals surface area (Å²) < 4.78 is 5.46. The molecule has 2 aromatic rings. The Balaban J connectivity index is 0.000000110. The Morgan fingerprint density at radius 3 is 2.48 bits per heavy atom. The SMILES string of the molecule is Cc1cccc2c1C1OC1C2.Cc1cccc2c1C=CC2. The number of aryl methyl sites for hydroxylation is 2. The summed E-state index contributed by atoms with van der Waals surface area (Å²) in [6, 6.07) is 13.0. The van der Waals surface area contributed by atoms with Gasteiger partial charge >= 0.3 is 0 Å². The highest BCUT2D eigenvalue weighted by Crippen LogP contribution is 2.49. The molecule has 0 radical (unpaired) electrons. The van der Waals surface area contributed by atoms with E-state index in [0.29, 0.717) is 12.2 Å². The highest BCUT2D eigenvalue weighted by atomic mass is 16.6. The summed E-state index contributed by atoms with van der Waals surface area (Å²) in [5.41, 5.74) is 8.67. The monoisotopic (exact) mass is 276 g/mol. The van der Waals surface area contributed by atoms with E-state index in [1.165, 1.54) is 33.4 Å². The van der Waals surface area contributed by atoms with Gasteiger partial charge in [-0.3, -0.25) is 0 Å². The third-order valence-electron chi connectivity index (χ3n) is 4.74. The molecular weight excluding hydrogens is 256 g/mol. The highest BCUT2D eigenvalue weighted by Gasteiger charge is 2.47. The van der Waals surface area contributed by atoms with Gasteiger partial charge < -0.3 is 4.74 Å². The first-order valence-corrected chi connectivity index (χ1v) is 7.73. The van der Waals surface area contributed by atoms with E-state index in [1.54, 1.807) is 0 Å². The molecular formula is C20H20O. The third kappa shape index (κ3) is 2.22. The van der Waals surface area contributed by atoms with Crippen LogP contribution in [0.3, 0.4) is 0 Å². The van der Waals surface area contributed by atoms with Crippen molar-refractivity contribution in [2.24, 2.45) is 0 Å².